The molecule has 0 amide bonds. The second-order valence-electron chi connectivity index (χ2n) is 6.12. The third-order valence-corrected chi connectivity index (χ3v) is 3.99. The average Bonchev–Trinajstić information content (AvgIpc) is 2.49. The van der Waals surface area contributed by atoms with Crippen LogP contribution in [0.2, 0.25) is 0 Å². The molecule has 0 aliphatic carbocycles. The highest BCUT2D eigenvalue weighted by Crippen LogP contribution is 2.12. The van der Waals surface area contributed by atoms with Crippen LogP contribution in [0.1, 0.15) is 84.0 Å². The highest BCUT2D eigenvalue weighted by Gasteiger charge is 2.02. The van der Waals surface area contributed by atoms with Crippen molar-refractivity contribution in [3.63, 3.8) is 0 Å². The van der Waals surface area contributed by atoms with Gasteiger partial charge in [0.1, 0.15) is 0 Å². The third kappa shape index (κ3) is 17.8. The van der Waals surface area contributed by atoms with E-state index in [-0.39, 0.29) is 0 Å². The molecule has 0 aromatic carbocycles. The Kier molecular flexibility index (Phi) is 17.8. The van der Waals surface area contributed by atoms with E-state index < -0.39 is 0 Å². The molecule has 0 aliphatic rings. The Hall–Kier alpha value is -0.120. The van der Waals surface area contributed by atoms with Gasteiger partial charge in [-0.2, -0.15) is 0 Å². The number of unbranched alkanes of at least 4 members (excludes halogenated alkanes) is 9. The van der Waals surface area contributed by atoms with E-state index in [1.165, 1.54) is 64.2 Å². The van der Waals surface area contributed by atoms with Crippen LogP contribution in [-0.4, -0.2) is 33.0 Å². The summed E-state index contributed by atoms with van der Waals surface area (Å²) >= 11 is 0. The van der Waals surface area contributed by atoms with Crippen LogP contribution in [0.4, 0.5) is 0 Å². The lowest BCUT2D eigenvalue weighted by Crippen LogP contribution is -2.22. The van der Waals surface area contributed by atoms with Crippen molar-refractivity contribution in [3.05, 3.63) is 0 Å². The summed E-state index contributed by atoms with van der Waals surface area (Å²) in [5, 5.41) is 0. The Morgan fingerprint density at radius 3 is 1.86 bits per heavy atom. The number of rotatable bonds is 17. The van der Waals surface area contributed by atoms with Crippen molar-refractivity contribution in [2.45, 2.75) is 90.0 Å². The quantitative estimate of drug-likeness (QED) is 0.397. The molecule has 0 spiro atoms. The first kappa shape index (κ1) is 20.9. The number of hydrogen-bond donors (Lipinski definition) is 1. The molecule has 0 fully saturated rings. The van der Waals surface area contributed by atoms with Crippen molar-refractivity contribution in [1.29, 1.82) is 0 Å². The zero-order valence-electron chi connectivity index (χ0n) is 14.6. The van der Waals surface area contributed by atoms with Crippen LogP contribution in [0, 0.1) is 0 Å². The maximum absolute atomic E-state index is 6.09. The monoisotopic (exact) mass is 301 g/mol. The van der Waals surface area contributed by atoms with E-state index in [4.69, 9.17) is 15.2 Å². The smallest absolute Gasteiger partial charge is 0.0700 e. The van der Waals surface area contributed by atoms with Crippen molar-refractivity contribution in [3.8, 4) is 0 Å². The maximum Gasteiger partial charge on any atom is 0.0700 e. The molecule has 0 rings (SSSR count). The molecule has 1 unspecified atom stereocenters. The van der Waals surface area contributed by atoms with E-state index in [9.17, 15) is 0 Å². The van der Waals surface area contributed by atoms with Gasteiger partial charge in [-0.3, -0.25) is 0 Å². The number of ether oxygens (including phenoxy) is 2. The van der Waals surface area contributed by atoms with Crippen molar-refractivity contribution < 1.29 is 9.47 Å². The molecule has 0 radical (unpaired) electrons. The highest BCUT2D eigenvalue weighted by molar-refractivity contribution is 4.61. The predicted molar refractivity (Wildman–Crippen MR) is 91.7 cm³/mol. The molecule has 3 nitrogen and oxygen atoms in total. The summed E-state index contributed by atoms with van der Waals surface area (Å²) in [6, 6.07) is 0.307. The second-order valence-corrected chi connectivity index (χ2v) is 6.12. The largest absolute Gasteiger partial charge is 0.382 e. The Balaban J connectivity index is 3.09. The molecule has 0 saturated heterocycles. The van der Waals surface area contributed by atoms with Gasteiger partial charge in [0, 0.05) is 19.8 Å². The second kappa shape index (κ2) is 17.9. The van der Waals surface area contributed by atoms with Crippen LogP contribution in [0.5, 0.6) is 0 Å². The molecule has 128 valence electrons. The highest BCUT2D eigenvalue weighted by atomic mass is 16.5. The van der Waals surface area contributed by atoms with Crippen LogP contribution in [0.25, 0.3) is 0 Å². The van der Waals surface area contributed by atoms with E-state index in [0.29, 0.717) is 19.3 Å². The van der Waals surface area contributed by atoms with E-state index in [0.717, 1.165) is 19.4 Å². The molecule has 3 heteroatoms. The van der Waals surface area contributed by atoms with Crippen molar-refractivity contribution in [2.24, 2.45) is 5.73 Å². The number of nitrogens with two attached hydrogens (primary N) is 1. The van der Waals surface area contributed by atoms with Crippen LogP contribution in [0.3, 0.4) is 0 Å². The summed E-state index contributed by atoms with van der Waals surface area (Å²) in [4.78, 5) is 0. The number of hydrogen-bond acceptors (Lipinski definition) is 3. The van der Waals surface area contributed by atoms with Gasteiger partial charge in [0.25, 0.3) is 0 Å². The summed E-state index contributed by atoms with van der Waals surface area (Å²) in [5.74, 6) is 0. The van der Waals surface area contributed by atoms with Crippen LogP contribution in [0.15, 0.2) is 0 Å². The Morgan fingerprint density at radius 1 is 0.714 bits per heavy atom. The molecule has 0 aliphatic heterocycles. The summed E-state index contributed by atoms with van der Waals surface area (Å²) in [7, 11) is 1.69. The lowest BCUT2D eigenvalue weighted by atomic mass is 10.0. The lowest BCUT2D eigenvalue weighted by Gasteiger charge is -2.11. The summed E-state index contributed by atoms with van der Waals surface area (Å²) in [6.45, 7) is 4.40. The normalized spacial score (nSPS) is 12.7. The van der Waals surface area contributed by atoms with Gasteiger partial charge >= 0.3 is 0 Å². The van der Waals surface area contributed by atoms with Gasteiger partial charge in [-0.15, -0.1) is 0 Å². The minimum atomic E-state index is 0.307. The zero-order chi connectivity index (χ0) is 15.6. The Labute approximate surface area is 133 Å². The fraction of sp³-hybridized carbons (Fsp3) is 1.00. The first-order chi connectivity index (χ1) is 10.3. The van der Waals surface area contributed by atoms with Crippen molar-refractivity contribution in [1.82, 2.24) is 0 Å². The van der Waals surface area contributed by atoms with Gasteiger partial charge in [0.15, 0.2) is 0 Å². The fourth-order valence-electron chi connectivity index (χ4n) is 2.52. The molecule has 21 heavy (non-hydrogen) atoms. The van der Waals surface area contributed by atoms with E-state index in [1.807, 2.05) is 0 Å². The summed E-state index contributed by atoms with van der Waals surface area (Å²) < 4.78 is 10.4. The van der Waals surface area contributed by atoms with Gasteiger partial charge in [0.05, 0.1) is 13.2 Å². The van der Waals surface area contributed by atoms with Crippen LogP contribution in [-0.2, 0) is 9.47 Å². The Bertz CT molecular complexity index is 188. The number of methoxy groups -OCH3 is 1. The van der Waals surface area contributed by atoms with Gasteiger partial charge in [0.2, 0.25) is 0 Å². The maximum atomic E-state index is 6.09. The van der Waals surface area contributed by atoms with Gasteiger partial charge in [-0.1, -0.05) is 71.1 Å². The molecule has 0 heterocycles. The topological polar surface area (TPSA) is 44.5 Å². The molecular weight excluding hydrogens is 262 g/mol. The van der Waals surface area contributed by atoms with Crippen molar-refractivity contribution >= 4 is 0 Å². The molecule has 0 aromatic rings. The first-order valence-electron chi connectivity index (χ1n) is 9.13. The van der Waals surface area contributed by atoms with Gasteiger partial charge in [-0.05, 0) is 12.8 Å². The molecule has 0 saturated carbocycles. The molecule has 0 bridgehead atoms. The fourth-order valence-corrected chi connectivity index (χ4v) is 2.52. The van der Waals surface area contributed by atoms with E-state index in [2.05, 4.69) is 6.92 Å². The molecule has 1 atom stereocenters. The Morgan fingerprint density at radius 2 is 1.29 bits per heavy atom. The van der Waals surface area contributed by atoms with Crippen LogP contribution >= 0.6 is 0 Å². The van der Waals surface area contributed by atoms with Crippen molar-refractivity contribution in [2.75, 3.05) is 26.9 Å². The standard InChI is InChI=1S/C18H39NO2/c1-3-4-5-6-7-8-9-10-11-12-13-18(19)14-15-21-17-16-20-2/h18H,3-17,19H2,1-2H3. The summed E-state index contributed by atoms with van der Waals surface area (Å²) in [6.07, 6.45) is 16.0. The predicted octanol–water partition coefficient (Wildman–Crippen LogP) is 4.68. The van der Waals surface area contributed by atoms with E-state index in [1.54, 1.807) is 7.11 Å². The molecular formula is C18H39NO2. The van der Waals surface area contributed by atoms with Gasteiger partial charge in [-0.25, -0.2) is 0 Å². The third-order valence-electron chi connectivity index (χ3n) is 3.99. The zero-order valence-corrected chi connectivity index (χ0v) is 14.6. The first-order valence-corrected chi connectivity index (χ1v) is 9.13. The molecule has 0 aromatic heterocycles. The average molecular weight is 302 g/mol. The SMILES string of the molecule is CCCCCCCCCCCCC(N)CCOCCOC. The summed E-state index contributed by atoms with van der Waals surface area (Å²) in [5.41, 5.74) is 6.09. The lowest BCUT2D eigenvalue weighted by molar-refractivity contribution is 0.0668. The van der Waals surface area contributed by atoms with E-state index >= 15 is 0 Å². The van der Waals surface area contributed by atoms with Crippen LogP contribution < -0.4 is 5.73 Å². The minimum Gasteiger partial charge on any atom is -0.382 e. The molecule has 2 N–H and O–H groups in total. The minimum absolute atomic E-state index is 0.307. The van der Waals surface area contributed by atoms with Gasteiger partial charge < -0.3 is 15.2 Å².